The lowest BCUT2D eigenvalue weighted by molar-refractivity contribution is 0.614. The van der Waals surface area contributed by atoms with Gasteiger partial charge in [0, 0.05) is 24.7 Å². The minimum absolute atomic E-state index is 0.0493. The molecule has 0 aliphatic rings. The Hall–Kier alpha value is -1.62. The largest absolute Gasteiger partial charge is 0.362 e. The van der Waals surface area contributed by atoms with Crippen LogP contribution < -0.4 is 10.9 Å². The Morgan fingerprint density at radius 2 is 2.20 bits per heavy atom. The number of hydrogen-bond acceptors (Lipinski definition) is 4. The van der Waals surface area contributed by atoms with Gasteiger partial charge in [0.2, 0.25) is 0 Å². The highest BCUT2D eigenvalue weighted by Gasteiger charge is 2.09. The van der Waals surface area contributed by atoms with Crippen LogP contribution in [-0.2, 0) is 6.54 Å². The molecule has 0 aliphatic carbocycles. The molecular formula is C15H21N3OS. The van der Waals surface area contributed by atoms with E-state index in [0.717, 1.165) is 43.2 Å². The van der Waals surface area contributed by atoms with E-state index in [9.17, 15) is 4.79 Å². The fourth-order valence-electron chi connectivity index (χ4n) is 1.95. The van der Waals surface area contributed by atoms with E-state index in [-0.39, 0.29) is 5.56 Å². The number of thiazole rings is 1. The molecular weight excluding hydrogens is 270 g/mol. The van der Waals surface area contributed by atoms with Crippen molar-refractivity contribution in [1.82, 2.24) is 9.55 Å². The van der Waals surface area contributed by atoms with Crippen LogP contribution in [0.5, 0.6) is 0 Å². The second-order valence-electron chi connectivity index (χ2n) is 4.74. The van der Waals surface area contributed by atoms with Gasteiger partial charge < -0.3 is 9.88 Å². The van der Waals surface area contributed by atoms with Crippen LogP contribution in [0.15, 0.2) is 28.5 Å². The van der Waals surface area contributed by atoms with E-state index < -0.39 is 0 Å². The topological polar surface area (TPSA) is 46.9 Å². The van der Waals surface area contributed by atoms with E-state index in [0.29, 0.717) is 5.56 Å². The first-order valence-corrected chi connectivity index (χ1v) is 8.03. The summed E-state index contributed by atoms with van der Waals surface area (Å²) >= 11 is 1.55. The zero-order chi connectivity index (χ0) is 14.4. The maximum atomic E-state index is 12.4. The lowest BCUT2D eigenvalue weighted by atomic mass is 10.2. The molecule has 0 spiro atoms. The first-order chi connectivity index (χ1) is 9.76. The fraction of sp³-hybridized carbons (Fsp3) is 0.467. The van der Waals surface area contributed by atoms with E-state index in [4.69, 9.17) is 0 Å². The van der Waals surface area contributed by atoms with Crippen LogP contribution in [0.4, 0.5) is 5.13 Å². The molecule has 0 radical (unpaired) electrons. The number of aryl methyl sites for hydroxylation is 1. The molecule has 0 atom stereocenters. The van der Waals surface area contributed by atoms with Crippen molar-refractivity contribution in [3.8, 4) is 11.3 Å². The summed E-state index contributed by atoms with van der Waals surface area (Å²) in [7, 11) is 0. The van der Waals surface area contributed by atoms with Gasteiger partial charge in [0.05, 0.1) is 11.3 Å². The van der Waals surface area contributed by atoms with Gasteiger partial charge in [0.1, 0.15) is 0 Å². The summed E-state index contributed by atoms with van der Waals surface area (Å²) in [6.07, 6.45) is 5.01. The van der Waals surface area contributed by atoms with Crippen LogP contribution in [-0.4, -0.2) is 16.1 Å². The normalized spacial score (nSPS) is 10.7. The second kappa shape index (κ2) is 7.24. The third-order valence-electron chi connectivity index (χ3n) is 3.08. The molecule has 2 aromatic heterocycles. The molecule has 0 bridgehead atoms. The van der Waals surface area contributed by atoms with Crippen LogP contribution >= 0.6 is 11.3 Å². The first-order valence-electron chi connectivity index (χ1n) is 7.15. The molecule has 108 valence electrons. The highest BCUT2D eigenvalue weighted by atomic mass is 32.1. The standard InChI is InChI=1S/C15H21N3OS/c1-3-5-9-18-10-6-7-12(14(18)19)13-11-20-15(17-13)16-8-4-2/h6-7,10-11H,3-5,8-9H2,1-2H3,(H,16,17). The molecule has 0 amide bonds. The summed E-state index contributed by atoms with van der Waals surface area (Å²) in [6.45, 7) is 5.92. The lowest BCUT2D eigenvalue weighted by Gasteiger charge is -2.05. The van der Waals surface area contributed by atoms with E-state index >= 15 is 0 Å². The maximum absolute atomic E-state index is 12.4. The second-order valence-corrected chi connectivity index (χ2v) is 5.60. The van der Waals surface area contributed by atoms with Crippen molar-refractivity contribution in [2.45, 2.75) is 39.7 Å². The molecule has 1 N–H and O–H groups in total. The molecule has 0 fully saturated rings. The molecule has 5 heteroatoms. The summed E-state index contributed by atoms with van der Waals surface area (Å²) < 4.78 is 1.78. The number of nitrogens with zero attached hydrogens (tertiary/aromatic N) is 2. The Kier molecular flexibility index (Phi) is 5.35. The van der Waals surface area contributed by atoms with Crippen molar-refractivity contribution >= 4 is 16.5 Å². The van der Waals surface area contributed by atoms with Crippen LogP contribution in [0.1, 0.15) is 33.1 Å². The predicted molar refractivity (Wildman–Crippen MR) is 85.5 cm³/mol. The minimum Gasteiger partial charge on any atom is -0.362 e. The van der Waals surface area contributed by atoms with E-state index in [1.54, 1.807) is 15.9 Å². The molecule has 20 heavy (non-hydrogen) atoms. The van der Waals surface area contributed by atoms with Crippen LogP contribution in [0.3, 0.4) is 0 Å². The minimum atomic E-state index is 0.0493. The van der Waals surface area contributed by atoms with E-state index in [2.05, 4.69) is 24.1 Å². The van der Waals surface area contributed by atoms with Crippen LogP contribution in [0.25, 0.3) is 11.3 Å². The molecule has 0 aliphatic heterocycles. The average Bonchev–Trinajstić information content (AvgIpc) is 2.92. The lowest BCUT2D eigenvalue weighted by Crippen LogP contribution is -2.20. The van der Waals surface area contributed by atoms with Gasteiger partial charge in [-0.2, -0.15) is 0 Å². The van der Waals surface area contributed by atoms with Gasteiger partial charge in [-0.15, -0.1) is 11.3 Å². The van der Waals surface area contributed by atoms with Crippen LogP contribution in [0, 0.1) is 0 Å². The Morgan fingerprint density at radius 1 is 1.35 bits per heavy atom. The molecule has 2 aromatic rings. The summed E-state index contributed by atoms with van der Waals surface area (Å²) in [5.41, 5.74) is 1.50. The number of anilines is 1. The average molecular weight is 291 g/mol. The van der Waals surface area contributed by atoms with Crippen molar-refractivity contribution in [3.05, 3.63) is 34.1 Å². The summed E-state index contributed by atoms with van der Waals surface area (Å²) in [4.78, 5) is 16.9. The van der Waals surface area contributed by atoms with Gasteiger partial charge in [-0.3, -0.25) is 4.79 Å². The van der Waals surface area contributed by atoms with Gasteiger partial charge in [-0.05, 0) is 25.0 Å². The molecule has 2 heterocycles. The van der Waals surface area contributed by atoms with Crippen molar-refractivity contribution < 1.29 is 0 Å². The third-order valence-corrected chi connectivity index (χ3v) is 3.88. The van der Waals surface area contributed by atoms with Crippen molar-refractivity contribution in [1.29, 1.82) is 0 Å². The summed E-state index contributed by atoms with van der Waals surface area (Å²) in [5, 5.41) is 6.07. The Morgan fingerprint density at radius 3 is 2.95 bits per heavy atom. The number of aromatic nitrogens is 2. The van der Waals surface area contributed by atoms with Gasteiger partial charge in [0.15, 0.2) is 5.13 Å². The Balaban J connectivity index is 2.24. The Bertz CT molecular complexity index is 603. The van der Waals surface area contributed by atoms with E-state index in [1.807, 2.05) is 23.7 Å². The van der Waals surface area contributed by atoms with E-state index in [1.165, 1.54) is 0 Å². The third kappa shape index (κ3) is 3.48. The van der Waals surface area contributed by atoms with Gasteiger partial charge >= 0.3 is 0 Å². The number of pyridine rings is 1. The number of unbranched alkanes of at least 4 members (excludes halogenated alkanes) is 1. The first kappa shape index (κ1) is 14.8. The van der Waals surface area contributed by atoms with Gasteiger partial charge in [0.25, 0.3) is 5.56 Å². The quantitative estimate of drug-likeness (QED) is 0.848. The smallest absolute Gasteiger partial charge is 0.260 e. The SMILES string of the molecule is CCCCn1cccc(-c2csc(NCCC)n2)c1=O. The molecule has 0 unspecified atom stereocenters. The maximum Gasteiger partial charge on any atom is 0.260 e. The number of hydrogen-bond donors (Lipinski definition) is 1. The summed E-state index contributed by atoms with van der Waals surface area (Å²) in [6, 6.07) is 3.77. The molecule has 4 nitrogen and oxygen atoms in total. The van der Waals surface area contributed by atoms with Gasteiger partial charge in [-0.25, -0.2) is 4.98 Å². The molecule has 0 saturated carbocycles. The van der Waals surface area contributed by atoms with Crippen molar-refractivity contribution in [2.75, 3.05) is 11.9 Å². The highest BCUT2D eigenvalue weighted by Crippen LogP contribution is 2.22. The monoisotopic (exact) mass is 291 g/mol. The van der Waals surface area contributed by atoms with Gasteiger partial charge in [-0.1, -0.05) is 20.3 Å². The van der Waals surface area contributed by atoms with Crippen molar-refractivity contribution in [2.24, 2.45) is 0 Å². The zero-order valence-electron chi connectivity index (χ0n) is 12.1. The summed E-state index contributed by atoms with van der Waals surface area (Å²) in [5.74, 6) is 0. The molecule has 2 rings (SSSR count). The highest BCUT2D eigenvalue weighted by molar-refractivity contribution is 7.14. The predicted octanol–water partition coefficient (Wildman–Crippen LogP) is 3.59. The molecule has 0 saturated heterocycles. The zero-order valence-corrected chi connectivity index (χ0v) is 12.9. The fourth-order valence-corrected chi connectivity index (χ4v) is 2.69. The molecule has 0 aromatic carbocycles. The number of rotatable bonds is 7. The van der Waals surface area contributed by atoms with Crippen molar-refractivity contribution in [3.63, 3.8) is 0 Å². The van der Waals surface area contributed by atoms with Crippen LogP contribution in [0.2, 0.25) is 0 Å². The number of nitrogens with one attached hydrogen (secondary N) is 1. The Labute approximate surface area is 123 Å².